The summed E-state index contributed by atoms with van der Waals surface area (Å²) in [5.41, 5.74) is -0.318. The molecule has 1 amide bonds. The van der Waals surface area contributed by atoms with Crippen LogP contribution in [0.1, 0.15) is 27.8 Å². The highest BCUT2D eigenvalue weighted by molar-refractivity contribution is 6.03. The average Bonchev–Trinajstić information content (AvgIpc) is 2.25. The number of carboxylic acid groups (broad SMARTS) is 1. The van der Waals surface area contributed by atoms with Gasteiger partial charge in [0.2, 0.25) is 0 Å². The van der Waals surface area contributed by atoms with E-state index in [-0.39, 0.29) is 17.8 Å². The summed E-state index contributed by atoms with van der Waals surface area (Å²) in [6.45, 7) is 1.56. The maximum absolute atomic E-state index is 11.5. The Balaban J connectivity index is 2.86. The van der Waals surface area contributed by atoms with Gasteiger partial charge in [0, 0.05) is 12.7 Å². The van der Waals surface area contributed by atoms with Gasteiger partial charge in [-0.05, 0) is 19.1 Å². The molecule has 0 radical (unpaired) electrons. The van der Waals surface area contributed by atoms with Gasteiger partial charge in [-0.2, -0.15) is 0 Å². The largest absolute Gasteiger partial charge is 0.478 e. The van der Waals surface area contributed by atoms with E-state index >= 15 is 0 Å². The number of aromatic carboxylic acids is 1. The van der Waals surface area contributed by atoms with E-state index in [2.05, 4.69) is 10.3 Å². The number of carbonyl (C=O) groups is 2. The first kappa shape index (κ1) is 12.1. The molecular weight excluding hydrogens is 212 g/mol. The number of amides is 1. The summed E-state index contributed by atoms with van der Waals surface area (Å²) in [4.78, 5) is 26.0. The van der Waals surface area contributed by atoms with Crippen LogP contribution in [0.2, 0.25) is 0 Å². The van der Waals surface area contributed by atoms with Crippen molar-refractivity contribution in [2.75, 3.05) is 6.54 Å². The number of hydrogen-bond donors (Lipinski definition) is 3. The van der Waals surface area contributed by atoms with Crippen LogP contribution in [0.15, 0.2) is 18.3 Å². The fourth-order valence-electron chi connectivity index (χ4n) is 1.08. The molecule has 16 heavy (non-hydrogen) atoms. The lowest BCUT2D eigenvalue weighted by molar-refractivity contribution is 0.0689. The Kier molecular flexibility index (Phi) is 3.96. The highest BCUT2D eigenvalue weighted by atomic mass is 16.4. The zero-order chi connectivity index (χ0) is 12.1. The minimum absolute atomic E-state index is 0.0501. The van der Waals surface area contributed by atoms with Crippen molar-refractivity contribution in [1.82, 2.24) is 10.3 Å². The molecule has 1 heterocycles. The molecule has 1 atom stereocenters. The number of aromatic nitrogens is 1. The van der Waals surface area contributed by atoms with Crippen LogP contribution in [0.25, 0.3) is 0 Å². The highest BCUT2D eigenvalue weighted by Gasteiger charge is 2.17. The molecule has 6 heteroatoms. The molecule has 86 valence electrons. The molecule has 0 bridgehead atoms. The van der Waals surface area contributed by atoms with Gasteiger partial charge in [0.05, 0.1) is 11.7 Å². The summed E-state index contributed by atoms with van der Waals surface area (Å²) in [6.07, 6.45) is 0.643. The third-order valence-corrected chi connectivity index (χ3v) is 1.81. The quantitative estimate of drug-likeness (QED) is 0.662. The number of carboxylic acids is 1. The van der Waals surface area contributed by atoms with Crippen LogP contribution in [0.3, 0.4) is 0 Å². The minimum Gasteiger partial charge on any atom is -0.478 e. The van der Waals surface area contributed by atoms with Crippen molar-refractivity contribution in [3.63, 3.8) is 0 Å². The van der Waals surface area contributed by atoms with E-state index in [0.717, 1.165) is 0 Å². The van der Waals surface area contributed by atoms with Crippen LogP contribution in [0.4, 0.5) is 0 Å². The number of nitrogens with zero attached hydrogens (tertiary/aromatic N) is 1. The zero-order valence-corrected chi connectivity index (χ0v) is 8.67. The van der Waals surface area contributed by atoms with Crippen LogP contribution >= 0.6 is 0 Å². The van der Waals surface area contributed by atoms with Crippen molar-refractivity contribution >= 4 is 11.9 Å². The molecule has 0 aliphatic rings. The second kappa shape index (κ2) is 5.22. The predicted octanol–water partition coefficient (Wildman–Crippen LogP) is -0.110. The van der Waals surface area contributed by atoms with Gasteiger partial charge in [0.15, 0.2) is 0 Å². The first-order chi connectivity index (χ1) is 7.52. The Hall–Kier alpha value is -1.95. The van der Waals surface area contributed by atoms with E-state index in [1.165, 1.54) is 25.3 Å². The van der Waals surface area contributed by atoms with E-state index in [1.807, 2.05) is 0 Å². The second-order valence-corrected chi connectivity index (χ2v) is 3.26. The van der Waals surface area contributed by atoms with Gasteiger partial charge >= 0.3 is 5.97 Å². The van der Waals surface area contributed by atoms with Crippen LogP contribution in [-0.2, 0) is 0 Å². The Morgan fingerprint density at radius 2 is 2.25 bits per heavy atom. The number of aliphatic hydroxyl groups excluding tert-OH is 1. The molecule has 0 unspecified atom stereocenters. The summed E-state index contributed by atoms with van der Waals surface area (Å²) in [6, 6.07) is 2.74. The van der Waals surface area contributed by atoms with Crippen molar-refractivity contribution in [1.29, 1.82) is 0 Å². The lowest BCUT2D eigenvalue weighted by Crippen LogP contribution is -2.32. The molecule has 0 aromatic carbocycles. The molecule has 6 nitrogen and oxygen atoms in total. The first-order valence-corrected chi connectivity index (χ1v) is 4.67. The van der Waals surface area contributed by atoms with Crippen LogP contribution in [0.5, 0.6) is 0 Å². The third kappa shape index (κ3) is 3.03. The third-order valence-electron chi connectivity index (χ3n) is 1.81. The number of aliphatic hydroxyl groups is 1. The van der Waals surface area contributed by atoms with Gasteiger partial charge < -0.3 is 15.5 Å². The predicted molar refractivity (Wildman–Crippen MR) is 55.2 cm³/mol. The molecule has 0 saturated carbocycles. The van der Waals surface area contributed by atoms with Gasteiger partial charge in [-0.3, -0.25) is 9.78 Å². The summed E-state index contributed by atoms with van der Waals surface area (Å²) < 4.78 is 0. The summed E-state index contributed by atoms with van der Waals surface area (Å²) in [7, 11) is 0. The number of pyridine rings is 1. The number of rotatable bonds is 4. The van der Waals surface area contributed by atoms with Gasteiger partial charge in [-0.15, -0.1) is 0 Å². The molecule has 1 aromatic heterocycles. The van der Waals surface area contributed by atoms with E-state index in [1.54, 1.807) is 0 Å². The Morgan fingerprint density at radius 1 is 1.56 bits per heavy atom. The van der Waals surface area contributed by atoms with Crippen LogP contribution in [0, 0.1) is 0 Å². The molecule has 0 aliphatic heterocycles. The molecule has 1 aromatic rings. The first-order valence-electron chi connectivity index (χ1n) is 4.67. The zero-order valence-electron chi connectivity index (χ0n) is 8.67. The summed E-state index contributed by atoms with van der Waals surface area (Å²) in [5, 5.41) is 20.2. The fourth-order valence-corrected chi connectivity index (χ4v) is 1.08. The summed E-state index contributed by atoms with van der Waals surface area (Å²) in [5.74, 6) is -1.82. The Morgan fingerprint density at radius 3 is 2.81 bits per heavy atom. The van der Waals surface area contributed by atoms with E-state index in [9.17, 15) is 9.59 Å². The maximum Gasteiger partial charge on any atom is 0.338 e. The highest BCUT2D eigenvalue weighted by Crippen LogP contribution is 2.04. The second-order valence-electron chi connectivity index (χ2n) is 3.26. The minimum atomic E-state index is -1.21. The summed E-state index contributed by atoms with van der Waals surface area (Å²) >= 11 is 0. The molecule has 1 rings (SSSR count). The number of hydrogen-bond acceptors (Lipinski definition) is 4. The monoisotopic (exact) mass is 224 g/mol. The molecule has 0 aliphatic carbocycles. The van der Waals surface area contributed by atoms with Crippen molar-refractivity contribution in [3.8, 4) is 0 Å². The molecular formula is C10H12N2O4. The van der Waals surface area contributed by atoms with Crippen molar-refractivity contribution in [2.45, 2.75) is 13.0 Å². The lowest BCUT2D eigenvalue weighted by Gasteiger charge is -2.07. The molecule has 0 saturated heterocycles. The normalized spacial score (nSPS) is 11.9. The maximum atomic E-state index is 11.5. The van der Waals surface area contributed by atoms with Gasteiger partial charge in [0.1, 0.15) is 5.69 Å². The number of carbonyl (C=O) groups excluding carboxylic acids is 1. The molecule has 0 spiro atoms. The Labute approximate surface area is 91.9 Å². The lowest BCUT2D eigenvalue weighted by atomic mass is 10.2. The van der Waals surface area contributed by atoms with Crippen molar-refractivity contribution < 1.29 is 19.8 Å². The van der Waals surface area contributed by atoms with Crippen molar-refractivity contribution in [3.05, 3.63) is 29.6 Å². The SMILES string of the molecule is C[C@H](O)CNC(=O)c1ncccc1C(=O)O. The van der Waals surface area contributed by atoms with E-state index in [4.69, 9.17) is 10.2 Å². The standard InChI is InChI=1S/C10H12N2O4/c1-6(13)5-12-9(14)8-7(10(15)16)3-2-4-11-8/h2-4,6,13H,5H2,1H3,(H,12,14)(H,15,16)/t6-/m0/s1. The Bertz CT molecular complexity index is 404. The smallest absolute Gasteiger partial charge is 0.338 e. The van der Waals surface area contributed by atoms with Gasteiger partial charge in [-0.1, -0.05) is 0 Å². The molecule has 3 N–H and O–H groups in total. The topological polar surface area (TPSA) is 99.5 Å². The van der Waals surface area contributed by atoms with Gasteiger partial charge in [0.25, 0.3) is 5.91 Å². The number of nitrogens with one attached hydrogen (secondary N) is 1. The van der Waals surface area contributed by atoms with Crippen molar-refractivity contribution in [2.24, 2.45) is 0 Å². The van der Waals surface area contributed by atoms with Crippen LogP contribution in [-0.4, -0.2) is 39.7 Å². The fraction of sp³-hybridized carbons (Fsp3) is 0.300. The average molecular weight is 224 g/mol. The molecule has 0 fully saturated rings. The van der Waals surface area contributed by atoms with Crippen LogP contribution < -0.4 is 5.32 Å². The van der Waals surface area contributed by atoms with E-state index < -0.39 is 18.0 Å². The van der Waals surface area contributed by atoms with E-state index in [0.29, 0.717) is 0 Å². The van der Waals surface area contributed by atoms with Gasteiger partial charge in [-0.25, -0.2) is 4.79 Å².